The first-order valence-corrected chi connectivity index (χ1v) is 9.75. The Bertz CT molecular complexity index is 1050. The number of amides is 1. The number of hydrogen-bond donors (Lipinski definition) is 1. The van der Waals surface area contributed by atoms with Crippen LogP contribution in [0.4, 0.5) is 32.0 Å². The molecule has 0 atom stereocenters. The molecule has 0 radical (unpaired) electrons. The van der Waals surface area contributed by atoms with Gasteiger partial charge in [-0.05, 0) is 30.3 Å². The zero-order chi connectivity index (χ0) is 22.9. The number of carbonyl (C=O) groups excluding carboxylic acids is 1. The van der Waals surface area contributed by atoms with Crippen LogP contribution in [0.25, 0.3) is 0 Å². The van der Waals surface area contributed by atoms with Crippen LogP contribution in [0.1, 0.15) is 11.1 Å². The number of halogens is 7. The molecule has 0 heterocycles. The van der Waals surface area contributed by atoms with E-state index in [2.05, 4.69) is 5.32 Å². The number of sulfonamides is 1. The number of rotatable bonds is 5. The summed E-state index contributed by atoms with van der Waals surface area (Å²) in [5, 5.41) is 1.45. The molecule has 0 aliphatic heterocycles. The van der Waals surface area contributed by atoms with Crippen molar-refractivity contribution in [2.45, 2.75) is 17.2 Å². The van der Waals surface area contributed by atoms with Crippen LogP contribution in [0.15, 0.2) is 47.4 Å². The van der Waals surface area contributed by atoms with Crippen LogP contribution in [-0.2, 0) is 27.2 Å². The lowest BCUT2D eigenvalue weighted by atomic mass is 10.2. The van der Waals surface area contributed by atoms with E-state index in [0.29, 0.717) is 16.4 Å². The van der Waals surface area contributed by atoms with Crippen molar-refractivity contribution in [2.75, 3.05) is 18.9 Å². The van der Waals surface area contributed by atoms with E-state index in [1.54, 1.807) is 0 Å². The molecule has 0 saturated heterocycles. The van der Waals surface area contributed by atoms with Gasteiger partial charge in [0.05, 0.1) is 27.6 Å². The van der Waals surface area contributed by atoms with Crippen molar-refractivity contribution in [1.29, 1.82) is 0 Å². The Labute approximate surface area is 172 Å². The van der Waals surface area contributed by atoms with Gasteiger partial charge in [0.25, 0.3) is 0 Å². The number of nitrogens with one attached hydrogen (secondary N) is 1. The largest absolute Gasteiger partial charge is 0.417 e. The molecule has 13 heteroatoms. The predicted octanol–water partition coefficient (Wildman–Crippen LogP) is 4.64. The third kappa shape index (κ3) is 5.43. The molecule has 1 N–H and O–H groups in total. The summed E-state index contributed by atoms with van der Waals surface area (Å²) < 4.78 is 103. The lowest BCUT2D eigenvalue weighted by Gasteiger charge is -2.20. The Kier molecular flexibility index (Phi) is 6.74. The van der Waals surface area contributed by atoms with Crippen molar-refractivity contribution in [1.82, 2.24) is 4.31 Å². The van der Waals surface area contributed by atoms with Crippen molar-refractivity contribution in [3.63, 3.8) is 0 Å². The second kappa shape index (κ2) is 8.44. The van der Waals surface area contributed by atoms with Gasteiger partial charge in [0.2, 0.25) is 15.9 Å². The number of alkyl halides is 6. The first-order chi connectivity index (χ1) is 13.6. The van der Waals surface area contributed by atoms with Gasteiger partial charge < -0.3 is 5.32 Å². The van der Waals surface area contributed by atoms with Crippen LogP contribution < -0.4 is 5.32 Å². The Morgan fingerprint density at radius 3 is 2.13 bits per heavy atom. The SMILES string of the molecule is CN(CC(=O)Nc1ccc(Cl)c(C(F)(F)F)c1)S(=O)(=O)c1ccccc1C(F)(F)F. The van der Waals surface area contributed by atoms with Gasteiger partial charge in [0.1, 0.15) is 0 Å². The van der Waals surface area contributed by atoms with E-state index in [0.717, 1.165) is 37.4 Å². The zero-order valence-electron chi connectivity index (χ0n) is 15.0. The number of benzene rings is 2. The molecule has 0 aliphatic carbocycles. The van der Waals surface area contributed by atoms with Gasteiger partial charge in [-0.1, -0.05) is 23.7 Å². The number of hydrogen-bond acceptors (Lipinski definition) is 3. The quantitative estimate of drug-likeness (QED) is 0.642. The van der Waals surface area contributed by atoms with Gasteiger partial charge in [-0.2, -0.15) is 30.6 Å². The lowest BCUT2D eigenvalue weighted by Crippen LogP contribution is -2.35. The number of likely N-dealkylation sites (N-methyl/N-ethyl adjacent to an activating group) is 1. The third-order valence-electron chi connectivity index (χ3n) is 3.80. The fraction of sp³-hybridized carbons (Fsp3) is 0.235. The molecule has 2 aromatic carbocycles. The van der Waals surface area contributed by atoms with Gasteiger partial charge >= 0.3 is 12.4 Å². The van der Waals surface area contributed by atoms with Crippen molar-refractivity contribution in [2.24, 2.45) is 0 Å². The topological polar surface area (TPSA) is 66.5 Å². The summed E-state index contributed by atoms with van der Waals surface area (Å²) in [6.45, 7) is -0.946. The zero-order valence-corrected chi connectivity index (χ0v) is 16.5. The molecule has 0 fully saturated rings. The molecule has 2 rings (SSSR count). The standard InChI is InChI=1S/C17H13ClF6N2O3S/c1-26(30(28,29)14-5-3-2-4-11(14)16(19,20)21)9-15(27)25-10-6-7-13(18)12(8-10)17(22,23)24/h2-8H,9H2,1H3,(H,25,27). The van der Waals surface area contributed by atoms with E-state index in [1.165, 1.54) is 0 Å². The van der Waals surface area contributed by atoms with Crippen LogP contribution in [-0.4, -0.2) is 32.2 Å². The Morgan fingerprint density at radius 2 is 1.57 bits per heavy atom. The van der Waals surface area contributed by atoms with Crippen molar-refractivity contribution in [3.8, 4) is 0 Å². The van der Waals surface area contributed by atoms with Crippen LogP contribution in [0, 0.1) is 0 Å². The minimum absolute atomic E-state index is 0.321. The summed E-state index contributed by atoms with van der Waals surface area (Å²) in [5.74, 6) is -1.07. The fourth-order valence-corrected chi connectivity index (χ4v) is 3.96. The molecule has 0 bridgehead atoms. The van der Waals surface area contributed by atoms with E-state index in [9.17, 15) is 39.6 Å². The van der Waals surface area contributed by atoms with Crippen molar-refractivity contribution >= 4 is 33.2 Å². The highest BCUT2D eigenvalue weighted by molar-refractivity contribution is 7.89. The first-order valence-electron chi connectivity index (χ1n) is 7.93. The summed E-state index contributed by atoms with van der Waals surface area (Å²) >= 11 is 5.47. The maximum absolute atomic E-state index is 13.1. The number of carbonyl (C=O) groups is 1. The molecule has 30 heavy (non-hydrogen) atoms. The summed E-state index contributed by atoms with van der Waals surface area (Å²) in [6.07, 6.45) is -9.75. The highest BCUT2D eigenvalue weighted by atomic mass is 35.5. The summed E-state index contributed by atoms with van der Waals surface area (Å²) in [7, 11) is -3.86. The Morgan fingerprint density at radius 1 is 1.00 bits per heavy atom. The molecule has 0 aliphatic rings. The van der Waals surface area contributed by atoms with Gasteiger partial charge in [-0.25, -0.2) is 8.42 Å². The maximum atomic E-state index is 13.1. The Hall–Kier alpha value is -2.31. The normalized spacial score (nSPS) is 12.8. The second-order valence-electron chi connectivity index (χ2n) is 6.00. The van der Waals surface area contributed by atoms with Gasteiger partial charge in [0.15, 0.2) is 0 Å². The van der Waals surface area contributed by atoms with Crippen LogP contribution in [0.2, 0.25) is 5.02 Å². The average molecular weight is 475 g/mol. The van der Waals surface area contributed by atoms with E-state index < -0.39 is 55.9 Å². The van der Waals surface area contributed by atoms with Gasteiger partial charge in [-0.3, -0.25) is 4.79 Å². The van der Waals surface area contributed by atoms with E-state index in [4.69, 9.17) is 11.6 Å². The molecule has 2 aromatic rings. The van der Waals surface area contributed by atoms with E-state index in [1.807, 2.05) is 0 Å². The monoisotopic (exact) mass is 474 g/mol. The molecule has 0 aromatic heterocycles. The van der Waals surface area contributed by atoms with Crippen molar-refractivity contribution < 1.29 is 39.6 Å². The molecule has 0 saturated carbocycles. The fourth-order valence-electron chi connectivity index (χ4n) is 2.40. The van der Waals surface area contributed by atoms with E-state index >= 15 is 0 Å². The minimum Gasteiger partial charge on any atom is -0.325 e. The summed E-state index contributed by atoms with van der Waals surface area (Å²) in [6, 6.07) is 5.90. The van der Waals surface area contributed by atoms with Gasteiger partial charge in [-0.15, -0.1) is 0 Å². The summed E-state index contributed by atoms with van der Waals surface area (Å²) in [4.78, 5) is 11.0. The molecule has 164 valence electrons. The Balaban J connectivity index is 2.23. The molecular weight excluding hydrogens is 462 g/mol. The van der Waals surface area contributed by atoms with Gasteiger partial charge in [0, 0.05) is 12.7 Å². The highest BCUT2D eigenvalue weighted by Crippen LogP contribution is 2.36. The number of anilines is 1. The van der Waals surface area contributed by atoms with Crippen LogP contribution in [0.5, 0.6) is 0 Å². The molecule has 0 spiro atoms. The molecule has 1 amide bonds. The smallest absolute Gasteiger partial charge is 0.325 e. The highest BCUT2D eigenvalue weighted by Gasteiger charge is 2.38. The second-order valence-corrected chi connectivity index (χ2v) is 8.42. The predicted molar refractivity (Wildman–Crippen MR) is 96.3 cm³/mol. The maximum Gasteiger partial charge on any atom is 0.417 e. The molecule has 0 unspecified atom stereocenters. The minimum atomic E-state index is -4.95. The van der Waals surface area contributed by atoms with Crippen molar-refractivity contribution in [3.05, 3.63) is 58.6 Å². The first kappa shape index (κ1) is 24.0. The average Bonchev–Trinajstić information content (AvgIpc) is 2.61. The third-order valence-corrected chi connectivity index (χ3v) is 5.99. The molecular formula is C17H13ClF6N2O3S. The lowest BCUT2D eigenvalue weighted by molar-refractivity contribution is -0.140. The van der Waals surface area contributed by atoms with Crippen LogP contribution in [0.3, 0.4) is 0 Å². The number of nitrogens with zero attached hydrogens (tertiary/aromatic N) is 1. The van der Waals surface area contributed by atoms with Crippen LogP contribution >= 0.6 is 11.6 Å². The van der Waals surface area contributed by atoms with E-state index in [-0.39, 0.29) is 5.69 Å². The molecule has 5 nitrogen and oxygen atoms in total. The summed E-state index contributed by atoms with van der Waals surface area (Å²) in [5.41, 5.74) is -2.95.